The summed E-state index contributed by atoms with van der Waals surface area (Å²) in [7, 11) is 3.01. The Labute approximate surface area is 195 Å². The molecule has 3 heteroatoms. The van der Waals surface area contributed by atoms with Gasteiger partial charge in [-0.25, -0.2) is 4.79 Å². The van der Waals surface area contributed by atoms with Crippen molar-refractivity contribution >= 4 is 5.97 Å². The number of carbonyl (C=O) groups is 1. The third kappa shape index (κ3) is 22.4. The van der Waals surface area contributed by atoms with Crippen LogP contribution in [0.1, 0.15) is 155 Å². The van der Waals surface area contributed by atoms with Crippen LogP contribution in [0.25, 0.3) is 0 Å². The summed E-state index contributed by atoms with van der Waals surface area (Å²) in [6.45, 7) is 2.29. The molecule has 0 aromatic rings. The van der Waals surface area contributed by atoms with Crippen molar-refractivity contribution in [2.24, 2.45) is 0 Å². The number of hydrogen-bond acceptors (Lipinski definition) is 3. The van der Waals surface area contributed by atoms with Gasteiger partial charge in [0.2, 0.25) is 0 Å². The fraction of sp³-hybridized carbons (Fsp3) is 0.964. The number of carbonyl (C=O) groups excluding carboxylic acids is 1. The monoisotopic (exact) mass is 440 g/mol. The van der Waals surface area contributed by atoms with Gasteiger partial charge in [0.25, 0.3) is 0 Å². The predicted molar refractivity (Wildman–Crippen MR) is 135 cm³/mol. The van der Waals surface area contributed by atoms with Crippen LogP contribution in [0.3, 0.4) is 0 Å². The summed E-state index contributed by atoms with van der Waals surface area (Å²) in [6.07, 6.45) is 31.1. The third-order valence-corrected chi connectivity index (χ3v) is 6.57. The van der Waals surface area contributed by atoms with Crippen LogP contribution in [-0.4, -0.2) is 26.3 Å². The van der Waals surface area contributed by atoms with E-state index in [4.69, 9.17) is 9.47 Å². The normalized spacial score (nSPS) is 12.2. The zero-order valence-electron chi connectivity index (χ0n) is 21.6. The summed E-state index contributed by atoms with van der Waals surface area (Å²) >= 11 is 0. The van der Waals surface area contributed by atoms with Gasteiger partial charge in [-0.15, -0.1) is 0 Å². The van der Waals surface area contributed by atoms with Crippen LogP contribution in [0.5, 0.6) is 0 Å². The molecule has 0 fully saturated rings. The summed E-state index contributed by atoms with van der Waals surface area (Å²) < 4.78 is 9.91. The number of hydrogen-bond donors (Lipinski definition) is 0. The first-order valence-corrected chi connectivity index (χ1v) is 13.9. The largest absolute Gasteiger partial charge is 0.467 e. The van der Waals surface area contributed by atoms with Crippen LogP contribution in [-0.2, 0) is 14.3 Å². The van der Waals surface area contributed by atoms with E-state index in [1.54, 1.807) is 7.11 Å². The number of unbranched alkanes of at least 4 members (excludes halogenated alkanes) is 21. The van der Waals surface area contributed by atoms with E-state index < -0.39 is 0 Å². The second-order valence-electron chi connectivity index (χ2n) is 9.46. The minimum atomic E-state index is -0.380. The van der Waals surface area contributed by atoms with E-state index in [0.717, 1.165) is 12.8 Å². The van der Waals surface area contributed by atoms with E-state index in [9.17, 15) is 4.79 Å². The molecule has 0 radical (unpaired) electrons. The van der Waals surface area contributed by atoms with E-state index in [1.807, 2.05) is 0 Å². The van der Waals surface area contributed by atoms with Gasteiger partial charge < -0.3 is 9.47 Å². The van der Waals surface area contributed by atoms with Gasteiger partial charge in [0, 0.05) is 7.11 Å². The summed E-state index contributed by atoms with van der Waals surface area (Å²) in [4.78, 5) is 11.4. The Balaban J connectivity index is 3.13. The average Bonchev–Trinajstić information content (AvgIpc) is 2.79. The molecule has 0 amide bonds. The van der Waals surface area contributed by atoms with Crippen LogP contribution in [0.15, 0.2) is 0 Å². The average molecular weight is 441 g/mol. The van der Waals surface area contributed by atoms with E-state index in [1.165, 1.54) is 142 Å². The van der Waals surface area contributed by atoms with Crippen molar-refractivity contribution in [2.45, 2.75) is 161 Å². The molecular weight excluding hydrogens is 384 g/mol. The highest BCUT2D eigenvalue weighted by Gasteiger charge is 2.17. The van der Waals surface area contributed by atoms with Crippen molar-refractivity contribution in [1.29, 1.82) is 0 Å². The fourth-order valence-electron chi connectivity index (χ4n) is 4.40. The minimum Gasteiger partial charge on any atom is -0.467 e. The zero-order valence-corrected chi connectivity index (χ0v) is 21.6. The molecule has 0 bridgehead atoms. The molecule has 0 unspecified atom stereocenters. The standard InChI is InChI=1S/C28H56O3/c1-4-5-6-7-8-9-10-11-12-13-14-15-16-17-18-19-20-21-22-23-24-25-26-27(30-2)28(29)31-3/h27H,4-26H2,1-3H3/t27-/m1/s1. The quantitative estimate of drug-likeness (QED) is 0.105. The molecule has 31 heavy (non-hydrogen) atoms. The molecule has 0 rings (SSSR count). The van der Waals surface area contributed by atoms with Gasteiger partial charge in [0.1, 0.15) is 0 Å². The van der Waals surface area contributed by atoms with Crippen molar-refractivity contribution in [3.8, 4) is 0 Å². The predicted octanol–water partition coefficient (Wildman–Crippen LogP) is 9.17. The molecule has 0 N–H and O–H groups in total. The van der Waals surface area contributed by atoms with Gasteiger partial charge in [-0.1, -0.05) is 148 Å². The minimum absolute atomic E-state index is 0.244. The Hall–Kier alpha value is -0.570. The second-order valence-corrected chi connectivity index (χ2v) is 9.46. The van der Waals surface area contributed by atoms with Crippen LogP contribution >= 0.6 is 0 Å². The Kier molecular flexibility index (Phi) is 25.2. The van der Waals surface area contributed by atoms with Gasteiger partial charge in [0.05, 0.1) is 7.11 Å². The Bertz CT molecular complexity index is 356. The molecule has 0 spiro atoms. The van der Waals surface area contributed by atoms with Crippen molar-refractivity contribution in [2.75, 3.05) is 14.2 Å². The molecule has 0 aromatic heterocycles. The van der Waals surface area contributed by atoms with Crippen LogP contribution in [0.2, 0.25) is 0 Å². The van der Waals surface area contributed by atoms with Crippen LogP contribution in [0, 0.1) is 0 Å². The van der Waals surface area contributed by atoms with Gasteiger partial charge in [0.15, 0.2) is 6.10 Å². The number of methoxy groups -OCH3 is 2. The molecule has 0 saturated heterocycles. The SMILES string of the molecule is CCCCCCCCCCCCCCCCCCCCCCCC[C@@H](OC)C(=O)OC. The molecule has 0 aliphatic rings. The molecule has 0 aromatic carbocycles. The highest BCUT2D eigenvalue weighted by atomic mass is 16.6. The summed E-state index contributed by atoms with van der Waals surface area (Å²) in [5, 5.41) is 0. The van der Waals surface area contributed by atoms with Crippen LogP contribution in [0.4, 0.5) is 0 Å². The summed E-state index contributed by atoms with van der Waals surface area (Å²) in [5.74, 6) is -0.244. The maximum absolute atomic E-state index is 11.4. The lowest BCUT2D eigenvalue weighted by atomic mass is 10.0. The highest BCUT2D eigenvalue weighted by Crippen LogP contribution is 2.16. The summed E-state index contributed by atoms with van der Waals surface area (Å²) in [6, 6.07) is 0. The van der Waals surface area contributed by atoms with Crippen molar-refractivity contribution in [1.82, 2.24) is 0 Å². The molecule has 1 atom stereocenters. The summed E-state index contributed by atoms with van der Waals surface area (Å²) in [5.41, 5.74) is 0. The lowest BCUT2D eigenvalue weighted by Crippen LogP contribution is -2.24. The second kappa shape index (κ2) is 25.7. The zero-order chi connectivity index (χ0) is 22.8. The lowest BCUT2D eigenvalue weighted by molar-refractivity contribution is -0.152. The first kappa shape index (κ1) is 30.4. The van der Waals surface area contributed by atoms with Gasteiger partial charge in [-0.2, -0.15) is 0 Å². The smallest absolute Gasteiger partial charge is 0.334 e. The van der Waals surface area contributed by atoms with Crippen molar-refractivity contribution in [3.63, 3.8) is 0 Å². The Morgan fingerprint density at radius 2 is 0.806 bits per heavy atom. The van der Waals surface area contributed by atoms with E-state index in [0.29, 0.717) is 0 Å². The maximum atomic E-state index is 11.4. The first-order chi connectivity index (χ1) is 15.3. The Morgan fingerprint density at radius 1 is 0.516 bits per heavy atom. The van der Waals surface area contributed by atoms with E-state index in [-0.39, 0.29) is 12.1 Å². The number of rotatable bonds is 25. The lowest BCUT2D eigenvalue weighted by Gasteiger charge is -2.12. The molecule has 0 aliphatic carbocycles. The molecule has 0 aliphatic heterocycles. The van der Waals surface area contributed by atoms with Gasteiger partial charge in [-0.3, -0.25) is 0 Å². The van der Waals surface area contributed by atoms with Gasteiger partial charge in [-0.05, 0) is 6.42 Å². The van der Waals surface area contributed by atoms with E-state index in [2.05, 4.69) is 6.92 Å². The Morgan fingerprint density at radius 3 is 1.06 bits per heavy atom. The number of esters is 1. The highest BCUT2D eigenvalue weighted by molar-refractivity contribution is 5.74. The van der Waals surface area contributed by atoms with Gasteiger partial charge >= 0.3 is 5.97 Å². The fourth-order valence-corrected chi connectivity index (χ4v) is 4.40. The van der Waals surface area contributed by atoms with Crippen molar-refractivity contribution in [3.05, 3.63) is 0 Å². The molecule has 0 saturated carbocycles. The first-order valence-electron chi connectivity index (χ1n) is 13.9. The number of ether oxygens (including phenoxy) is 2. The third-order valence-electron chi connectivity index (χ3n) is 6.57. The molecule has 0 heterocycles. The molecular formula is C28H56O3. The topological polar surface area (TPSA) is 35.5 Å². The molecule has 3 nitrogen and oxygen atoms in total. The van der Waals surface area contributed by atoms with Crippen molar-refractivity contribution < 1.29 is 14.3 Å². The van der Waals surface area contributed by atoms with Crippen LogP contribution < -0.4 is 0 Å². The molecule has 186 valence electrons. The van der Waals surface area contributed by atoms with E-state index >= 15 is 0 Å². The maximum Gasteiger partial charge on any atom is 0.334 e.